The normalized spacial score (nSPS) is 23.5. The zero-order valence-corrected chi connectivity index (χ0v) is 16.2. The van der Waals surface area contributed by atoms with Crippen molar-refractivity contribution in [2.24, 2.45) is 0 Å². The number of hydrogen-bond acceptors (Lipinski definition) is 5. The number of nitrogens with one attached hydrogen (secondary N) is 1. The van der Waals surface area contributed by atoms with Gasteiger partial charge < -0.3 is 19.4 Å². The molecular formula is C21H26N4O3. The van der Waals surface area contributed by atoms with E-state index in [9.17, 15) is 4.79 Å². The molecule has 1 atom stereocenters. The first-order valence-electron chi connectivity index (χ1n) is 10.2. The Morgan fingerprint density at radius 1 is 1.25 bits per heavy atom. The molecular weight excluding hydrogens is 356 g/mol. The number of aromatic amines is 1. The van der Waals surface area contributed by atoms with Gasteiger partial charge in [-0.2, -0.15) is 0 Å². The first-order chi connectivity index (χ1) is 13.7. The van der Waals surface area contributed by atoms with Gasteiger partial charge in [-0.1, -0.05) is 19.1 Å². The number of para-hydroxylation sites is 2. The fraction of sp³-hybridized carbons (Fsp3) is 0.524. The Morgan fingerprint density at radius 3 is 2.82 bits per heavy atom. The van der Waals surface area contributed by atoms with Crippen LogP contribution in [-0.2, 0) is 16.8 Å². The summed E-state index contributed by atoms with van der Waals surface area (Å²) in [5.74, 6) is 1.37. The molecule has 1 aromatic heterocycles. The fourth-order valence-electron chi connectivity index (χ4n) is 4.98. The molecule has 7 heteroatoms. The number of fused-ring (bicyclic) bond motifs is 3. The average Bonchev–Trinajstić information content (AvgIpc) is 3.24. The molecule has 3 aliphatic rings. The molecule has 2 aromatic rings. The van der Waals surface area contributed by atoms with E-state index in [1.807, 2.05) is 35.5 Å². The number of benzene rings is 1. The van der Waals surface area contributed by atoms with Crippen LogP contribution in [0.5, 0.6) is 11.5 Å². The van der Waals surface area contributed by atoms with E-state index < -0.39 is 6.10 Å². The Kier molecular flexibility index (Phi) is 4.27. The summed E-state index contributed by atoms with van der Waals surface area (Å²) in [5, 5.41) is 0. The van der Waals surface area contributed by atoms with E-state index in [2.05, 4.69) is 21.8 Å². The minimum absolute atomic E-state index is 0.0189. The number of H-pyrrole nitrogens is 1. The maximum atomic E-state index is 13.1. The van der Waals surface area contributed by atoms with Crippen LogP contribution < -0.4 is 9.47 Å². The Labute approximate surface area is 164 Å². The lowest BCUT2D eigenvalue weighted by Crippen LogP contribution is -2.58. The Morgan fingerprint density at radius 2 is 2.04 bits per heavy atom. The molecule has 1 amide bonds. The molecule has 0 radical (unpaired) electrons. The number of carbonyl (C=O) groups excluding carboxylic acids is 1. The van der Waals surface area contributed by atoms with Crippen LogP contribution in [0, 0.1) is 0 Å². The summed E-state index contributed by atoms with van der Waals surface area (Å²) >= 11 is 0. The van der Waals surface area contributed by atoms with E-state index in [0.29, 0.717) is 24.6 Å². The monoisotopic (exact) mass is 382 g/mol. The number of nitrogens with zero attached hydrogens (tertiary/aromatic N) is 3. The molecule has 0 aliphatic carbocycles. The second kappa shape index (κ2) is 6.81. The highest BCUT2D eigenvalue weighted by Gasteiger charge is 2.47. The predicted octanol–water partition coefficient (Wildman–Crippen LogP) is 1.95. The third kappa shape index (κ3) is 2.68. The van der Waals surface area contributed by atoms with Gasteiger partial charge in [-0.05, 0) is 31.5 Å². The minimum Gasteiger partial charge on any atom is -0.485 e. The number of hydrogen-bond donors (Lipinski definition) is 1. The lowest BCUT2D eigenvalue weighted by molar-refractivity contribution is -0.144. The summed E-state index contributed by atoms with van der Waals surface area (Å²) in [6, 6.07) is 7.51. The summed E-state index contributed by atoms with van der Waals surface area (Å²) in [6.45, 7) is 5.93. The summed E-state index contributed by atoms with van der Waals surface area (Å²) < 4.78 is 11.7. The molecule has 4 heterocycles. The van der Waals surface area contributed by atoms with Crippen molar-refractivity contribution in [3.63, 3.8) is 0 Å². The average molecular weight is 382 g/mol. The van der Waals surface area contributed by atoms with Crippen LogP contribution in [0.1, 0.15) is 31.2 Å². The van der Waals surface area contributed by atoms with Crippen LogP contribution >= 0.6 is 0 Å². The van der Waals surface area contributed by atoms with Crippen molar-refractivity contribution in [1.82, 2.24) is 19.8 Å². The largest absolute Gasteiger partial charge is 0.485 e. The summed E-state index contributed by atoms with van der Waals surface area (Å²) in [4.78, 5) is 25.5. The summed E-state index contributed by atoms with van der Waals surface area (Å²) in [6.07, 6.45) is 4.05. The number of amides is 1. The van der Waals surface area contributed by atoms with Gasteiger partial charge in [0.2, 0.25) is 6.10 Å². The molecule has 1 fully saturated rings. The van der Waals surface area contributed by atoms with Gasteiger partial charge in [0.05, 0.1) is 17.6 Å². The lowest BCUT2D eigenvalue weighted by atomic mass is 9.78. The van der Waals surface area contributed by atoms with Gasteiger partial charge >= 0.3 is 0 Å². The van der Waals surface area contributed by atoms with Gasteiger partial charge in [-0.25, -0.2) is 4.98 Å². The van der Waals surface area contributed by atoms with Gasteiger partial charge in [0, 0.05) is 31.7 Å². The molecule has 5 rings (SSSR count). The number of likely N-dealkylation sites (N-methyl/N-ethyl adjacent to an activating group) is 1. The molecule has 28 heavy (non-hydrogen) atoms. The van der Waals surface area contributed by atoms with Crippen molar-refractivity contribution >= 4 is 5.91 Å². The molecule has 1 spiro atoms. The second-order valence-electron chi connectivity index (χ2n) is 7.78. The van der Waals surface area contributed by atoms with Gasteiger partial charge in [-0.3, -0.25) is 9.69 Å². The zero-order chi connectivity index (χ0) is 19.1. The molecule has 1 aromatic carbocycles. The standard InChI is InChI=1S/C21H26N4O3/c1-2-25-10-7-15-19(23-14-22-15)21(25)8-11-24(12-9-21)20(26)18-13-27-16-5-3-4-6-17(16)28-18/h3-6,14,18H,2,7-13H2,1H3,(H,22,23). The van der Waals surface area contributed by atoms with Gasteiger partial charge in [-0.15, -0.1) is 0 Å². The minimum atomic E-state index is -0.571. The molecule has 0 saturated carbocycles. The SMILES string of the molecule is CCN1CCc2[nH]cnc2C12CCN(C(=O)C1COc3ccccc3O1)CC2. The second-order valence-corrected chi connectivity index (χ2v) is 7.78. The van der Waals surface area contributed by atoms with Crippen molar-refractivity contribution in [2.75, 3.05) is 32.8 Å². The van der Waals surface area contributed by atoms with E-state index in [4.69, 9.17) is 9.47 Å². The van der Waals surface area contributed by atoms with Crippen molar-refractivity contribution < 1.29 is 14.3 Å². The quantitative estimate of drug-likeness (QED) is 0.860. The molecule has 148 valence electrons. The van der Waals surface area contributed by atoms with Crippen LogP contribution in [0.15, 0.2) is 30.6 Å². The third-order valence-corrected chi connectivity index (χ3v) is 6.46. The van der Waals surface area contributed by atoms with Gasteiger partial charge in [0.1, 0.15) is 6.61 Å². The Hall–Kier alpha value is -2.54. The molecule has 1 saturated heterocycles. The highest BCUT2D eigenvalue weighted by atomic mass is 16.6. The maximum absolute atomic E-state index is 13.1. The Bertz CT molecular complexity index is 872. The molecule has 1 N–H and O–H groups in total. The highest BCUT2D eigenvalue weighted by Crippen LogP contribution is 2.42. The first-order valence-corrected chi connectivity index (χ1v) is 10.2. The summed E-state index contributed by atoms with van der Waals surface area (Å²) in [7, 11) is 0. The molecule has 3 aliphatic heterocycles. The van der Waals surface area contributed by atoms with E-state index in [-0.39, 0.29) is 18.1 Å². The van der Waals surface area contributed by atoms with Crippen LogP contribution in [0.4, 0.5) is 0 Å². The number of aromatic nitrogens is 2. The number of imidazole rings is 1. The number of carbonyl (C=O) groups is 1. The van der Waals surface area contributed by atoms with Crippen molar-refractivity contribution in [3.8, 4) is 11.5 Å². The van der Waals surface area contributed by atoms with Crippen molar-refractivity contribution in [3.05, 3.63) is 42.0 Å². The molecule has 1 unspecified atom stereocenters. The molecule has 0 bridgehead atoms. The third-order valence-electron chi connectivity index (χ3n) is 6.46. The predicted molar refractivity (Wildman–Crippen MR) is 103 cm³/mol. The van der Waals surface area contributed by atoms with E-state index in [1.165, 1.54) is 11.4 Å². The summed E-state index contributed by atoms with van der Waals surface area (Å²) in [5.41, 5.74) is 2.37. The van der Waals surface area contributed by atoms with Crippen molar-refractivity contribution in [2.45, 2.75) is 37.8 Å². The smallest absolute Gasteiger partial charge is 0.267 e. The van der Waals surface area contributed by atoms with Crippen LogP contribution in [0.25, 0.3) is 0 Å². The highest BCUT2D eigenvalue weighted by molar-refractivity contribution is 5.82. The van der Waals surface area contributed by atoms with Gasteiger partial charge in [0.25, 0.3) is 5.91 Å². The van der Waals surface area contributed by atoms with Gasteiger partial charge in [0.15, 0.2) is 11.5 Å². The number of ether oxygens (including phenoxy) is 2. The Balaban J connectivity index is 1.31. The van der Waals surface area contributed by atoms with E-state index in [1.54, 1.807) is 0 Å². The fourth-order valence-corrected chi connectivity index (χ4v) is 4.98. The first kappa shape index (κ1) is 17.6. The maximum Gasteiger partial charge on any atom is 0.267 e. The number of rotatable bonds is 2. The van der Waals surface area contributed by atoms with Crippen LogP contribution in [0.2, 0.25) is 0 Å². The molecule has 7 nitrogen and oxygen atoms in total. The van der Waals surface area contributed by atoms with Crippen LogP contribution in [-0.4, -0.2) is 64.6 Å². The number of likely N-dealkylation sites (tertiary alicyclic amines) is 1. The lowest BCUT2D eigenvalue weighted by Gasteiger charge is -2.50. The van der Waals surface area contributed by atoms with Crippen LogP contribution in [0.3, 0.4) is 0 Å². The number of piperidine rings is 1. The zero-order valence-electron chi connectivity index (χ0n) is 16.2. The van der Waals surface area contributed by atoms with E-state index in [0.717, 1.165) is 32.4 Å². The van der Waals surface area contributed by atoms with Crippen molar-refractivity contribution in [1.29, 1.82) is 0 Å². The topological polar surface area (TPSA) is 70.7 Å². The van der Waals surface area contributed by atoms with E-state index >= 15 is 0 Å².